The van der Waals surface area contributed by atoms with Gasteiger partial charge in [0.05, 0.1) is 0 Å². The average Bonchev–Trinajstić information content (AvgIpc) is 2.41. The molecule has 19 heavy (non-hydrogen) atoms. The molecule has 106 valence electrons. The summed E-state index contributed by atoms with van der Waals surface area (Å²) in [4.78, 5) is 2.77. The van der Waals surface area contributed by atoms with Crippen LogP contribution in [0.1, 0.15) is 44.2 Å². The Bertz CT molecular complexity index is 407. The molecule has 0 bridgehead atoms. The summed E-state index contributed by atoms with van der Waals surface area (Å²) in [6, 6.07) is 9.22. The molecule has 0 spiro atoms. The maximum absolute atomic E-state index is 10.2. The number of benzene rings is 1. The van der Waals surface area contributed by atoms with Crippen LogP contribution in [-0.2, 0) is 0 Å². The molecule has 0 amide bonds. The number of nitrogens with zero attached hydrogens (tertiary/aromatic N) is 1. The van der Waals surface area contributed by atoms with Crippen molar-refractivity contribution in [1.82, 2.24) is 4.90 Å². The number of hydrogen-bond acceptors (Lipinski definition) is 2. The molecule has 1 N–H and O–H groups in total. The van der Waals surface area contributed by atoms with Gasteiger partial charge in [-0.2, -0.15) is 0 Å². The van der Waals surface area contributed by atoms with E-state index in [0.29, 0.717) is 25.8 Å². The molecule has 1 saturated carbocycles. The van der Waals surface area contributed by atoms with Crippen LogP contribution in [0.15, 0.2) is 24.3 Å². The van der Waals surface area contributed by atoms with Crippen molar-refractivity contribution in [3.05, 3.63) is 29.8 Å². The maximum atomic E-state index is 10.2. The van der Waals surface area contributed by atoms with Gasteiger partial charge in [-0.3, -0.25) is 0 Å². The van der Waals surface area contributed by atoms with Gasteiger partial charge < -0.3 is 0 Å². The van der Waals surface area contributed by atoms with E-state index < -0.39 is 0 Å². The van der Waals surface area contributed by atoms with Gasteiger partial charge in [0.25, 0.3) is 0 Å². The summed E-state index contributed by atoms with van der Waals surface area (Å²) in [5.41, 5.74) is 1.44. The van der Waals surface area contributed by atoms with Crippen molar-refractivity contribution in [1.29, 1.82) is 0 Å². The fourth-order valence-corrected chi connectivity index (χ4v) is 5.60. The van der Waals surface area contributed by atoms with E-state index in [2.05, 4.69) is 50.2 Å². The third-order valence-corrected chi connectivity index (χ3v) is 7.19. The second-order valence-electron chi connectivity index (χ2n) is 5.69. The van der Waals surface area contributed by atoms with Crippen LogP contribution in [0.25, 0.3) is 0 Å². The van der Waals surface area contributed by atoms with E-state index in [9.17, 15) is 5.11 Å². The van der Waals surface area contributed by atoms with Gasteiger partial charge in [0.1, 0.15) is 0 Å². The third kappa shape index (κ3) is 3.82. The third-order valence-electron chi connectivity index (χ3n) is 4.09. The summed E-state index contributed by atoms with van der Waals surface area (Å²) < 4.78 is 1.47. The van der Waals surface area contributed by atoms with Crippen LogP contribution in [0.3, 0.4) is 0 Å². The van der Waals surface area contributed by atoms with Crippen molar-refractivity contribution in [3.63, 3.8) is 0 Å². The van der Waals surface area contributed by atoms with Crippen LogP contribution < -0.4 is 4.46 Å². The van der Waals surface area contributed by atoms with Crippen molar-refractivity contribution >= 4 is 19.4 Å². The first kappa shape index (κ1) is 15.1. The first-order chi connectivity index (χ1) is 9.09. The minimum atomic E-state index is -0.0727. The Morgan fingerprint density at radius 3 is 2.58 bits per heavy atom. The zero-order chi connectivity index (χ0) is 13.8. The van der Waals surface area contributed by atoms with Gasteiger partial charge in [0.2, 0.25) is 0 Å². The van der Waals surface area contributed by atoms with E-state index in [0.717, 1.165) is 6.42 Å². The molecule has 0 aromatic heterocycles. The van der Waals surface area contributed by atoms with Gasteiger partial charge in [-0.15, -0.1) is 0 Å². The summed E-state index contributed by atoms with van der Waals surface area (Å²) in [6.45, 7) is 2.26. The molecule has 2 unspecified atom stereocenters. The monoisotopic (exact) mass is 327 g/mol. The van der Waals surface area contributed by atoms with Crippen LogP contribution in [0.5, 0.6) is 0 Å². The molecule has 3 atom stereocenters. The summed E-state index contributed by atoms with van der Waals surface area (Å²) in [7, 11) is 4.26. The van der Waals surface area contributed by atoms with Crippen LogP contribution in [0.2, 0.25) is 4.82 Å². The molecule has 2 nitrogen and oxygen atoms in total. The quantitative estimate of drug-likeness (QED) is 0.859. The van der Waals surface area contributed by atoms with E-state index in [1.54, 1.807) is 0 Å². The predicted molar refractivity (Wildman–Crippen MR) is 82.2 cm³/mol. The zero-order valence-corrected chi connectivity index (χ0v) is 13.9. The number of rotatable bonds is 4. The molecule has 0 radical (unpaired) electrons. The summed E-state index contributed by atoms with van der Waals surface area (Å²) in [5, 5.41) is 10.2. The molecule has 2 rings (SSSR count). The Morgan fingerprint density at radius 1 is 1.21 bits per heavy atom. The summed E-state index contributed by atoms with van der Waals surface area (Å²) in [6.07, 6.45) is 4.61. The number of aliphatic hydroxyl groups is 1. The average molecular weight is 326 g/mol. The molecule has 1 aliphatic rings. The van der Waals surface area contributed by atoms with E-state index in [1.165, 1.54) is 29.3 Å². The first-order valence-electron chi connectivity index (χ1n) is 7.19. The number of aliphatic hydroxyl groups excluding tert-OH is 1. The Kier molecular flexibility index (Phi) is 5.46. The van der Waals surface area contributed by atoms with E-state index in [4.69, 9.17) is 0 Å². The molecule has 1 aromatic carbocycles. The SMILES string of the molecule is C[C@@H](c1ccccc1[Se]C1CCCCC1O)N(C)C. The Hall–Kier alpha value is -0.341. The standard InChI is InChI=1S/C16H25NOSe/c1-12(17(2)3)13-8-4-6-10-15(13)19-16-11-7-5-9-14(16)18/h4,6,8,10,12,14,16,18H,5,7,9,11H2,1-3H3/t12-,14?,16?/m0/s1. The van der Waals surface area contributed by atoms with E-state index in [-0.39, 0.29) is 6.10 Å². The fourth-order valence-electron chi connectivity index (χ4n) is 2.59. The van der Waals surface area contributed by atoms with Gasteiger partial charge in [-0.05, 0) is 0 Å². The molecule has 3 heteroatoms. The van der Waals surface area contributed by atoms with Crippen molar-refractivity contribution in [2.75, 3.05) is 14.1 Å². The van der Waals surface area contributed by atoms with Crippen molar-refractivity contribution in [2.45, 2.75) is 49.6 Å². The van der Waals surface area contributed by atoms with Gasteiger partial charge in [-0.1, -0.05) is 0 Å². The topological polar surface area (TPSA) is 23.5 Å². The molecular weight excluding hydrogens is 301 g/mol. The van der Waals surface area contributed by atoms with Gasteiger partial charge in [0.15, 0.2) is 0 Å². The van der Waals surface area contributed by atoms with Gasteiger partial charge >= 0.3 is 123 Å². The molecule has 1 aliphatic carbocycles. The summed E-state index contributed by atoms with van der Waals surface area (Å²) in [5.74, 6) is 0. The normalized spacial score (nSPS) is 25.5. The van der Waals surface area contributed by atoms with E-state index >= 15 is 0 Å². The molecule has 0 heterocycles. The van der Waals surface area contributed by atoms with Gasteiger partial charge in [0, 0.05) is 0 Å². The van der Waals surface area contributed by atoms with E-state index in [1.807, 2.05) is 0 Å². The van der Waals surface area contributed by atoms with Crippen LogP contribution in [0.4, 0.5) is 0 Å². The second-order valence-corrected chi connectivity index (χ2v) is 8.37. The van der Waals surface area contributed by atoms with Crippen LogP contribution in [0, 0.1) is 0 Å². The molecule has 1 aromatic rings. The molecule has 0 saturated heterocycles. The van der Waals surface area contributed by atoms with Crippen molar-refractivity contribution in [3.8, 4) is 0 Å². The zero-order valence-electron chi connectivity index (χ0n) is 12.2. The number of hydrogen-bond donors (Lipinski definition) is 1. The first-order valence-corrected chi connectivity index (χ1v) is 9.04. The molecule has 0 aliphatic heterocycles. The minimum absolute atomic E-state index is 0.0727. The Morgan fingerprint density at radius 2 is 1.89 bits per heavy atom. The predicted octanol–water partition coefficient (Wildman–Crippen LogP) is 2.36. The molecule has 1 fully saturated rings. The Labute approximate surface area is 123 Å². The van der Waals surface area contributed by atoms with Crippen molar-refractivity contribution < 1.29 is 5.11 Å². The Balaban J connectivity index is 2.15. The van der Waals surface area contributed by atoms with Crippen molar-refractivity contribution in [2.24, 2.45) is 0 Å². The van der Waals surface area contributed by atoms with Crippen LogP contribution in [-0.4, -0.2) is 45.2 Å². The van der Waals surface area contributed by atoms with Crippen LogP contribution >= 0.6 is 0 Å². The second kappa shape index (κ2) is 6.90. The molecular formula is C16H25NOSe. The summed E-state index contributed by atoms with van der Waals surface area (Å²) >= 11 is 0.390. The fraction of sp³-hybridized carbons (Fsp3) is 0.625. The van der Waals surface area contributed by atoms with Gasteiger partial charge in [-0.25, -0.2) is 0 Å².